The summed E-state index contributed by atoms with van der Waals surface area (Å²) >= 11 is 1.86. The van der Waals surface area contributed by atoms with E-state index in [0.29, 0.717) is 6.04 Å². The first-order valence-corrected chi connectivity index (χ1v) is 6.87. The molecule has 0 saturated carbocycles. The van der Waals surface area contributed by atoms with Crippen molar-refractivity contribution >= 4 is 11.3 Å². The summed E-state index contributed by atoms with van der Waals surface area (Å²) in [7, 11) is 1.80. The van der Waals surface area contributed by atoms with E-state index in [1.807, 2.05) is 11.3 Å². The monoisotopic (exact) mass is 241 g/mol. The molecule has 0 fully saturated rings. The quantitative estimate of drug-likeness (QED) is 0.788. The van der Waals surface area contributed by atoms with Crippen LogP contribution in [0.4, 0.5) is 0 Å². The predicted octanol–water partition coefficient (Wildman–Crippen LogP) is 3.52. The maximum atomic E-state index is 5.57. The van der Waals surface area contributed by atoms with Crippen molar-refractivity contribution in [1.29, 1.82) is 0 Å². The summed E-state index contributed by atoms with van der Waals surface area (Å²) in [6.07, 6.45) is 2.46. The summed E-state index contributed by atoms with van der Waals surface area (Å²) < 4.78 is 5.57. The van der Waals surface area contributed by atoms with Crippen LogP contribution in [0.25, 0.3) is 0 Å². The highest BCUT2D eigenvalue weighted by Crippen LogP contribution is 2.27. The second kappa shape index (κ2) is 7.05. The Morgan fingerprint density at radius 1 is 1.38 bits per heavy atom. The van der Waals surface area contributed by atoms with E-state index in [0.717, 1.165) is 19.4 Å². The van der Waals surface area contributed by atoms with Gasteiger partial charge < -0.3 is 10.1 Å². The van der Waals surface area contributed by atoms with Crippen LogP contribution in [0.1, 0.15) is 42.5 Å². The summed E-state index contributed by atoms with van der Waals surface area (Å²) in [5.41, 5.74) is 0. The van der Waals surface area contributed by atoms with Crippen molar-refractivity contribution in [2.75, 3.05) is 13.7 Å². The van der Waals surface area contributed by atoms with Crippen molar-refractivity contribution < 1.29 is 4.74 Å². The standard InChI is InChI=1S/C13H23NOS/c1-5-9-14-13(11(6-2)15-4)12-8-7-10(3)16-12/h7-8,11,13-14H,5-6,9H2,1-4H3. The number of hydrogen-bond acceptors (Lipinski definition) is 3. The summed E-state index contributed by atoms with van der Waals surface area (Å²) in [6.45, 7) is 7.56. The van der Waals surface area contributed by atoms with Crippen LogP contribution in [-0.2, 0) is 4.74 Å². The molecule has 1 heterocycles. The smallest absolute Gasteiger partial charge is 0.0771 e. The van der Waals surface area contributed by atoms with E-state index in [1.165, 1.54) is 9.75 Å². The number of thiophene rings is 1. The molecule has 0 aliphatic rings. The fraction of sp³-hybridized carbons (Fsp3) is 0.692. The van der Waals surface area contributed by atoms with Gasteiger partial charge in [-0.1, -0.05) is 13.8 Å². The van der Waals surface area contributed by atoms with Gasteiger partial charge in [0.1, 0.15) is 0 Å². The van der Waals surface area contributed by atoms with Crippen LogP contribution in [0.3, 0.4) is 0 Å². The van der Waals surface area contributed by atoms with E-state index in [2.05, 4.69) is 38.2 Å². The molecular weight excluding hydrogens is 218 g/mol. The van der Waals surface area contributed by atoms with Gasteiger partial charge in [-0.2, -0.15) is 0 Å². The van der Waals surface area contributed by atoms with E-state index in [-0.39, 0.29) is 6.10 Å². The summed E-state index contributed by atoms with van der Waals surface area (Å²) in [5.74, 6) is 0. The number of aryl methyl sites for hydroxylation is 1. The molecule has 0 saturated heterocycles. The van der Waals surface area contributed by atoms with Crippen LogP contribution < -0.4 is 5.32 Å². The van der Waals surface area contributed by atoms with Crippen molar-refractivity contribution in [3.8, 4) is 0 Å². The second-order valence-electron chi connectivity index (χ2n) is 4.06. The number of nitrogens with one attached hydrogen (secondary N) is 1. The van der Waals surface area contributed by atoms with E-state index in [4.69, 9.17) is 4.74 Å². The van der Waals surface area contributed by atoms with Gasteiger partial charge in [0.05, 0.1) is 12.1 Å². The SMILES string of the molecule is CCCNC(c1ccc(C)s1)C(CC)OC. The first-order valence-electron chi connectivity index (χ1n) is 6.05. The van der Waals surface area contributed by atoms with Crippen LogP contribution in [0.2, 0.25) is 0 Å². The molecule has 1 aromatic heterocycles. The molecule has 16 heavy (non-hydrogen) atoms. The Bertz CT molecular complexity index is 294. The molecule has 0 aromatic carbocycles. The molecule has 92 valence electrons. The number of hydrogen-bond donors (Lipinski definition) is 1. The molecule has 0 radical (unpaired) electrons. The van der Waals surface area contributed by atoms with Crippen LogP contribution >= 0.6 is 11.3 Å². The maximum Gasteiger partial charge on any atom is 0.0771 e. The van der Waals surface area contributed by atoms with Crippen LogP contribution in [0.5, 0.6) is 0 Å². The number of rotatable bonds is 7. The molecule has 0 bridgehead atoms. The molecule has 2 nitrogen and oxygen atoms in total. The van der Waals surface area contributed by atoms with Gasteiger partial charge in [0.2, 0.25) is 0 Å². The third-order valence-corrected chi connectivity index (χ3v) is 3.84. The Kier molecular flexibility index (Phi) is 6.03. The largest absolute Gasteiger partial charge is 0.379 e. The Labute approximate surface area is 103 Å². The van der Waals surface area contributed by atoms with Gasteiger partial charge in [0.15, 0.2) is 0 Å². The van der Waals surface area contributed by atoms with Gasteiger partial charge >= 0.3 is 0 Å². The average molecular weight is 241 g/mol. The van der Waals surface area contributed by atoms with Gasteiger partial charge in [0.25, 0.3) is 0 Å². The van der Waals surface area contributed by atoms with Crippen molar-refractivity contribution in [2.24, 2.45) is 0 Å². The number of ether oxygens (including phenoxy) is 1. The lowest BCUT2D eigenvalue weighted by Crippen LogP contribution is -2.32. The highest BCUT2D eigenvalue weighted by atomic mass is 32.1. The van der Waals surface area contributed by atoms with Crippen LogP contribution in [0, 0.1) is 6.92 Å². The molecule has 1 rings (SSSR count). The third kappa shape index (κ3) is 3.58. The second-order valence-corrected chi connectivity index (χ2v) is 5.38. The summed E-state index contributed by atoms with van der Waals surface area (Å²) in [5, 5.41) is 3.59. The molecule has 1 N–H and O–H groups in total. The fourth-order valence-corrected chi connectivity index (χ4v) is 2.88. The van der Waals surface area contributed by atoms with Gasteiger partial charge in [-0.3, -0.25) is 0 Å². The average Bonchev–Trinajstić information content (AvgIpc) is 2.71. The molecule has 3 heteroatoms. The normalized spacial score (nSPS) is 15.0. The molecule has 0 aliphatic heterocycles. The third-order valence-electron chi connectivity index (χ3n) is 2.76. The molecule has 2 unspecified atom stereocenters. The van der Waals surface area contributed by atoms with Gasteiger partial charge in [-0.15, -0.1) is 11.3 Å². The highest BCUT2D eigenvalue weighted by molar-refractivity contribution is 7.12. The van der Waals surface area contributed by atoms with Crippen molar-refractivity contribution in [3.63, 3.8) is 0 Å². The fourth-order valence-electron chi connectivity index (χ4n) is 1.87. The first-order chi connectivity index (χ1) is 7.72. The molecular formula is C13H23NOS. The lowest BCUT2D eigenvalue weighted by molar-refractivity contribution is 0.0661. The van der Waals surface area contributed by atoms with Crippen LogP contribution in [0.15, 0.2) is 12.1 Å². The molecule has 1 aromatic rings. The molecule has 2 atom stereocenters. The van der Waals surface area contributed by atoms with Gasteiger partial charge in [0, 0.05) is 16.9 Å². The highest BCUT2D eigenvalue weighted by Gasteiger charge is 2.21. The minimum absolute atomic E-state index is 0.268. The zero-order chi connectivity index (χ0) is 12.0. The van der Waals surface area contributed by atoms with E-state index in [9.17, 15) is 0 Å². The summed E-state index contributed by atoms with van der Waals surface area (Å²) in [4.78, 5) is 2.75. The van der Waals surface area contributed by atoms with Gasteiger partial charge in [-0.25, -0.2) is 0 Å². The van der Waals surface area contributed by atoms with Crippen LogP contribution in [-0.4, -0.2) is 19.8 Å². The lowest BCUT2D eigenvalue weighted by atomic mass is 10.1. The molecule has 0 spiro atoms. The Morgan fingerprint density at radius 2 is 2.12 bits per heavy atom. The zero-order valence-corrected chi connectivity index (χ0v) is 11.6. The predicted molar refractivity (Wildman–Crippen MR) is 71.2 cm³/mol. The molecule has 0 amide bonds. The maximum absolute atomic E-state index is 5.57. The Balaban J connectivity index is 2.77. The van der Waals surface area contributed by atoms with E-state index >= 15 is 0 Å². The Morgan fingerprint density at radius 3 is 2.56 bits per heavy atom. The minimum atomic E-state index is 0.268. The topological polar surface area (TPSA) is 21.3 Å². The zero-order valence-electron chi connectivity index (χ0n) is 10.7. The lowest BCUT2D eigenvalue weighted by Gasteiger charge is -2.25. The van der Waals surface area contributed by atoms with Crippen molar-refractivity contribution in [3.05, 3.63) is 21.9 Å². The van der Waals surface area contributed by atoms with E-state index in [1.54, 1.807) is 7.11 Å². The van der Waals surface area contributed by atoms with Gasteiger partial charge in [-0.05, 0) is 38.4 Å². The minimum Gasteiger partial charge on any atom is -0.379 e. The molecule has 0 aliphatic carbocycles. The van der Waals surface area contributed by atoms with E-state index < -0.39 is 0 Å². The first kappa shape index (κ1) is 13.7. The van der Waals surface area contributed by atoms with Crippen molar-refractivity contribution in [1.82, 2.24) is 5.32 Å². The summed E-state index contributed by atoms with van der Waals surface area (Å²) in [6, 6.07) is 4.74. The van der Waals surface area contributed by atoms with Crippen molar-refractivity contribution in [2.45, 2.75) is 45.8 Å². The Hall–Kier alpha value is -0.380. The number of methoxy groups -OCH3 is 1.